The number of aryl methyl sites for hydroxylation is 1. The molecule has 39 heavy (non-hydrogen) atoms. The molecule has 4 rings (SSSR count). The van der Waals surface area contributed by atoms with E-state index in [0.29, 0.717) is 47.8 Å². The maximum Gasteiger partial charge on any atom is 0.408 e. The maximum atomic E-state index is 13.1. The second-order valence-corrected chi connectivity index (χ2v) is 8.92. The first kappa shape index (κ1) is 27.3. The molecule has 0 spiro atoms. The Bertz CT molecular complexity index is 1290. The Labute approximate surface area is 226 Å². The second kappa shape index (κ2) is 12.2. The summed E-state index contributed by atoms with van der Waals surface area (Å²) >= 11 is 0. The van der Waals surface area contributed by atoms with Crippen molar-refractivity contribution in [3.8, 4) is 17.2 Å². The summed E-state index contributed by atoms with van der Waals surface area (Å²) in [4.78, 5) is 36.9. The predicted octanol–water partition coefficient (Wildman–Crippen LogP) is 3.04. The molecule has 2 aromatic carbocycles. The summed E-state index contributed by atoms with van der Waals surface area (Å²) in [5.41, 5.74) is 2.67. The van der Waals surface area contributed by atoms with Crippen LogP contribution in [0.3, 0.4) is 0 Å². The molecule has 3 N–H and O–H groups in total. The Balaban J connectivity index is 1.50. The van der Waals surface area contributed by atoms with Gasteiger partial charge < -0.3 is 34.9 Å². The second-order valence-electron chi connectivity index (χ2n) is 8.92. The molecule has 1 unspecified atom stereocenters. The summed E-state index contributed by atoms with van der Waals surface area (Å²) in [6.07, 6.45) is 0.455. The number of amides is 2. The van der Waals surface area contributed by atoms with Crippen LogP contribution in [0.2, 0.25) is 0 Å². The van der Waals surface area contributed by atoms with Crippen LogP contribution >= 0.6 is 0 Å². The van der Waals surface area contributed by atoms with E-state index in [1.165, 1.54) is 21.3 Å². The number of ether oxygens (including phenoxy) is 3. The molecule has 3 aromatic rings. The third-order valence-corrected chi connectivity index (χ3v) is 6.40. The highest BCUT2D eigenvalue weighted by Gasteiger charge is 2.36. The van der Waals surface area contributed by atoms with Crippen LogP contribution in [0, 0.1) is 6.92 Å². The van der Waals surface area contributed by atoms with Crippen LogP contribution in [0.4, 0.5) is 22.2 Å². The molecule has 1 aromatic heterocycles. The van der Waals surface area contributed by atoms with Gasteiger partial charge in [-0.25, -0.2) is 9.78 Å². The van der Waals surface area contributed by atoms with Crippen LogP contribution in [-0.2, 0) is 11.3 Å². The molecule has 12 nitrogen and oxygen atoms in total. The monoisotopic (exact) mass is 536 g/mol. The molecule has 0 aliphatic carbocycles. The van der Waals surface area contributed by atoms with Crippen molar-refractivity contribution in [2.24, 2.45) is 0 Å². The fourth-order valence-electron chi connectivity index (χ4n) is 4.33. The van der Waals surface area contributed by atoms with E-state index >= 15 is 0 Å². The van der Waals surface area contributed by atoms with Gasteiger partial charge in [0.05, 0.1) is 21.3 Å². The van der Waals surface area contributed by atoms with Gasteiger partial charge in [0.25, 0.3) is 0 Å². The number of nitrogens with one attached hydrogen (secondary N) is 2. The van der Waals surface area contributed by atoms with Gasteiger partial charge in [0, 0.05) is 50.2 Å². The van der Waals surface area contributed by atoms with Crippen molar-refractivity contribution in [3.05, 3.63) is 59.8 Å². The number of benzene rings is 2. The van der Waals surface area contributed by atoms with Crippen molar-refractivity contribution >= 4 is 29.5 Å². The lowest BCUT2D eigenvalue weighted by Gasteiger charge is -2.39. The van der Waals surface area contributed by atoms with Gasteiger partial charge in [0.2, 0.25) is 17.6 Å². The van der Waals surface area contributed by atoms with Crippen LogP contribution < -0.4 is 29.7 Å². The Morgan fingerprint density at radius 2 is 1.72 bits per heavy atom. The van der Waals surface area contributed by atoms with Crippen LogP contribution in [0.5, 0.6) is 17.2 Å². The fourth-order valence-corrected chi connectivity index (χ4v) is 4.33. The molecule has 1 aliphatic heterocycles. The highest BCUT2D eigenvalue weighted by molar-refractivity contribution is 5.86. The molecule has 206 valence electrons. The van der Waals surface area contributed by atoms with E-state index < -0.39 is 12.1 Å². The van der Waals surface area contributed by atoms with Gasteiger partial charge in [0.1, 0.15) is 11.9 Å². The van der Waals surface area contributed by atoms with E-state index in [9.17, 15) is 14.7 Å². The number of methoxy groups -OCH3 is 3. The highest BCUT2D eigenvalue weighted by atomic mass is 16.5. The number of carbonyl (C=O) groups is 2. The van der Waals surface area contributed by atoms with E-state index in [0.717, 1.165) is 16.0 Å². The smallest absolute Gasteiger partial charge is 0.408 e. The number of aromatic nitrogens is 2. The van der Waals surface area contributed by atoms with Crippen molar-refractivity contribution in [2.45, 2.75) is 19.5 Å². The van der Waals surface area contributed by atoms with Gasteiger partial charge in [0.15, 0.2) is 11.5 Å². The molecule has 0 radical (unpaired) electrons. The number of anilines is 3. The van der Waals surface area contributed by atoms with Crippen molar-refractivity contribution in [3.63, 3.8) is 0 Å². The van der Waals surface area contributed by atoms with Gasteiger partial charge >= 0.3 is 6.09 Å². The normalized spacial score (nSPS) is 14.9. The van der Waals surface area contributed by atoms with Crippen molar-refractivity contribution < 1.29 is 28.9 Å². The SMILES string of the molecule is COc1cc(Nc2nccc(N3CCN(C(=O)O)C(C(=O)NCc4ccc(C)cc4)C3)n2)cc(OC)c1OC. The van der Waals surface area contributed by atoms with Gasteiger partial charge in [-0.05, 0) is 18.6 Å². The Morgan fingerprint density at radius 1 is 1.03 bits per heavy atom. The predicted molar refractivity (Wildman–Crippen MR) is 145 cm³/mol. The summed E-state index contributed by atoms with van der Waals surface area (Å²) in [6.45, 7) is 2.96. The molecule has 2 amide bonds. The molecular formula is C27H32N6O6. The fraction of sp³-hybridized carbons (Fsp3) is 0.333. The molecule has 1 fully saturated rings. The Morgan fingerprint density at radius 3 is 2.33 bits per heavy atom. The van der Waals surface area contributed by atoms with Crippen molar-refractivity contribution in [1.82, 2.24) is 20.2 Å². The Kier molecular flexibility index (Phi) is 8.54. The van der Waals surface area contributed by atoms with Crippen molar-refractivity contribution in [2.75, 3.05) is 51.2 Å². The zero-order valence-electron chi connectivity index (χ0n) is 22.3. The zero-order valence-corrected chi connectivity index (χ0v) is 22.3. The standard InChI is InChI=1S/C27H32N6O6/c1-17-5-7-18(8-6-17)15-29-25(34)20-16-32(11-12-33(20)27(35)36)23-9-10-28-26(31-23)30-19-13-21(37-2)24(39-4)22(14-19)38-3/h5-10,13-14,20H,11-12,15-16H2,1-4H3,(H,29,34)(H,35,36)(H,28,30,31). The molecular weight excluding hydrogens is 504 g/mol. The number of nitrogens with zero attached hydrogens (tertiary/aromatic N) is 4. The number of carbonyl (C=O) groups excluding carboxylic acids is 1. The van der Waals surface area contributed by atoms with Gasteiger partial charge in [-0.1, -0.05) is 29.8 Å². The lowest BCUT2D eigenvalue weighted by Crippen LogP contribution is -2.60. The third-order valence-electron chi connectivity index (χ3n) is 6.40. The average Bonchev–Trinajstić information content (AvgIpc) is 2.95. The van der Waals surface area contributed by atoms with E-state index in [-0.39, 0.29) is 19.0 Å². The first-order valence-electron chi connectivity index (χ1n) is 12.3. The number of hydrogen-bond acceptors (Lipinski definition) is 9. The molecule has 12 heteroatoms. The maximum absolute atomic E-state index is 13.1. The van der Waals surface area contributed by atoms with Crippen LogP contribution in [0.15, 0.2) is 48.7 Å². The topological polar surface area (TPSA) is 138 Å². The van der Waals surface area contributed by atoms with E-state index in [1.54, 1.807) is 24.4 Å². The average molecular weight is 537 g/mol. The summed E-state index contributed by atoms with van der Waals surface area (Å²) in [7, 11) is 4.59. The van der Waals surface area contributed by atoms with Crippen LogP contribution in [0.1, 0.15) is 11.1 Å². The number of hydrogen-bond donors (Lipinski definition) is 3. The molecule has 1 aliphatic rings. The number of carboxylic acid groups (broad SMARTS) is 1. The lowest BCUT2D eigenvalue weighted by atomic mass is 10.1. The first-order valence-corrected chi connectivity index (χ1v) is 12.3. The van der Waals surface area contributed by atoms with E-state index in [2.05, 4.69) is 20.6 Å². The molecule has 2 heterocycles. The molecule has 0 saturated carbocycles. The zero-order chi connectivity index (χ0) is 27.9. The van der Waals surface area contributed by atoms with Gasteiger partial charge in [-0.3, -0.25) is 9.69 Å². The first-order chi connectivity index (χ1) is 18.8. The molecule has 1 atom stereocenters. The third kappa shape index (κ3) is 6.40. The highest BCUT2D eigenvalue weighted by Crippen LogP contribution is 2.40. The van der Waals surface area contributed by atoms with E-state index in [1.807, 2.05) is 36.1 Å². The largest absolute Gasteiger partial charge is 0.493 e. The summed E-state index contributed by atoms with van der Waals surface area (Å²) in [5, 5.41) is 15.7. The number of piperazine rings is 1. The quantitative estimate of drug-likeness (QED) is 0.374. The summed E-state index contributed by atoms with van der Waals surface area (Å²) < 4.78 is 16.2. The minimum atomic E-state index is -1.14. The van der Waals surface area contributed by atoms with E-state index in [4.69, 9.17) is 14.2 Å². The molecule has 0 bridgehead atoms. The van der Waals surface area contributed by atoms with Gasteiger partial charge in [-0.2, -0.15) is 4.98 Å². The lowest BCUT2D eigenvalue weighted by molar-refractivity contribution is -0.126. The summed E-state index contributed by atoms with van der Waals surface area (Å²) in [5.74, 6) is 1.90. The van der Waals surface area contributed by atoms with Crippen LogP contribution in [0.25, 0.3) is 0 Å². The number of rotatable bonds is 9. The van der Waals surface area contributed by atoms with Crippen LogP contribution in [-0.4, -0.2) is 79.0 Å². The van der Waals surface area contributed by atoms with Gasteiger partial charge in [-0.15, -0.1) is 0 Å². The minimum Gasteiger partial charge on any atom is -0.493 e. The molecule has 1 saturated heterocycles. The minimum absolute atomic E-state index is 0.146. The Hall–Kier alpha value is -4.74. The van der Waals surface area contributed by atoms with Crippen molar-refractivity contribution in [1.29, 1.82) is 0 Å². The summed E-state index contributed by atoms with van der Waals surface area (Å²) in [6, 6.07) is 12.1.